The van der Waals surface area contributed by atoms with Crippen LogP contribution in [0.2, 0.25) is 5.02 Å². The van der Waals surface area contributed by atoms with E-state index in [4.69, 9.17) is 16.3 Å². The Bertz CT molecular complexity index is 385. The molecule has 0 bridgehead atoms. The highest BCUT2D eigenvalue weighted by Crippen LogP contribution is 2.14. The van der Waals surface area contributed by atoms with Crippen molar-refractivity contribution < 1.29 is 9.53 Å². The lowest BCUT2D eigenvalue weighted by atomic mass is 10.2. The maximum absolute atomic E-state index is 11.6. The van der Waals surface area contributed by atoms with Gasteiger partial charge in [0.1, 0.15) is 0 Å². The molecule has 0 aliphatic heterocycles. The van der Waals surface area contributed by atoms with Crippen LogP contribution in [-0.4, -0.2) is 32.7 Å². The molecule has 1 unspecified atom stereocenters. The van der Waals surface area contributed by atoms with Gasteiger partial charge in [-0.15, -0.1) is 0 Å². The van der Waals surface area contributed by atoms with E-state index >= 15 is 0 Å². The van der Waals surface area contributed by atoms with Crippen molar-refractivity contribution in [2.45, 2.75) is 6.92 Å². The minimum absolute atomic E-state index is 0.0816. The Morgan fingerprint density at radius 2 is 2.28 bits per heavy atom. The summed E-state index contributed by atoms with van der Waals surface area (Å²) in [7, 11) is 1.67. The number of amides is 1. The van der Waals surface area contributed by atoms with E-state index in [0.29, 0.717) is 23.2 Å². The maximum atomic E-state index is 11.6. The quantitative estimate of drug-likeness (QED) is 0.798. The van der Waals surface area contributed by atoms with Crippen LogP contribution in [0.3, 0.4) is 0 Å². The number of hydrogen-bond donors (Lipinski definition) is 2. The maximum Gasteiger partial charge on any atom is 0.238 e. The first kappa shape index (κ1) is 15.0. The molecule has 0 saturated heterocycles. The van der Waals surface area contributed by atoms with Crippen molar-refractivity contribution >= 4 is 23.2 Å². The lowest BCUT2D eigenvalue weighted by Crippen LogP contribution is -2.32. The fraction of sp³-hybridized carbons (Fsp3) is 0.462. The average Bonchev–Trinajstić information content (AvgIpc) is 2.29. The number of anilines is 1. The number of carbonyl (C=O) groups is 1. The molecule has 1 rings (SSSR count). The Morgan fingerprint density at radius 3 is 2.94 bits per heavy atom. The SMILES string of the molecule is COCC(C)CNCC(=O)Nc1cccc(Cl)c1. The van der Waals surface area contributed by atoms with E-state index in [1.54, 1.807) is 31.4 Å². The number of hydrogen-bond acceptors (Lipinski definition) is 3. The van der Waals surface area contributed by atoms with Gasteiger partial charge in [0.25, 0.3) is 0 Å². The molecule has 1 aromatic carbocycles. The van der Waals surface area contributed by atoms with Gasteiger partial charge in [-0.1, -0.05) is 24.6 Å². The fourth-order valence-electron chi connectivity index (χ4n) is 1.55. The Hall–Kier alpha value is -1.10. The molecule has 0 spiro atoms. The third kappa shape index (κ3) is 6.00. The van der Waals surface area contributed by atoms with E-state index in [1.165, 1.54) is 0 Å². The van der Waals surface area contributed by atoms with Gasteiger partial charge < -0.3 is 15.4 Å². The molecule has 1 atom stereocenters. The van der Waals surface area contributed by atoms with E-state index in [0.717, 1.165) is 6.54 Å². The molecule has 0 heterocycles. The standard InChI is InChI=1S/C13H19ClN2O2/c1-10(9-18-2)7-15-8-13(17)16-12-5-3-4-11(14)6-12/h3-6,10,15H,7-9H2,1-2H3,(H,16,17). The van der Waals surface area contributed by atoms with Crippen molar-refractivity contribution in [2.75, 3.05) is 32.1 Å². The molecular weight excluding hydrogens is 252 g/mol. The fourth-order valence-corrected chi connectivity index (χ4v) is 1.74. The van der Waals surface area contributed by atoms with Crippen LogP contribution in [-0.2, 0) is 9.53 Å². The van der Waals surface area contributed by atoms with E-state index in [-0.39, 0.29) is 12.5 Å². The summed E-state index contributed by atoms with van der Waals surface area (Å²) in [6.07, 6.45) is 0. The van der Waals surface area contributed by atoms with Gasteiger partial charge in [0.05, 0.1) is 6.54 Å². The third-order valence-corrected chi connectivity index (χ3v) is 2.57. The highest BCUT2D eigenvalue weighted by atomic mass is 35.5. The lowest BCUT2D eigenvalue weighted by Gasteiger charge is -2.11. The number of carbonyl (C=O) groups excluding carboxylic acids is 1. The highest BCUT2D eigenvalue weighted by Gasteiger charge is 2.04. The van der Waals surface area contributed by atoms with E-state index in [9.17, 15) is 4.79 Å². The van der Waals surface area contributed by atoms with Gasteiger partial charge in [-0.2, -0.15) is 0 Å². The molecule has 0 aliphatic carbocycles. The summed E-state index contributed by atoms with van der Waals surface area (Å²) in [5.41, 5.74) is 0.708. The lowest BCUT2D eigenvalue weighted by molar-refractivity contribution is -0.115. The van der Waals surface area contributed by atoms with Gasteiger partial charge in [0.15, 0.2) is 0 Å². The van der Waals surface area contributed by atoms with Crippen LogP contribution in [0.25, 0.3) is 0 Å². The Kier molecular flexibility index (Phi) is 6.72. The molecule has 0 aliphatic rings. The second-order valence-electron chi connectivity index (χ2n) is 4.25. The van der Waals surface area contributed by atoms with Crippen LogP contribution in [0.5, 0.6) is 0 Å². The van der Waals surface area contributed by atoms with Crippen LogP contribution in [0, 0.1) is 5.92 Å². The van der Waals surface area contributed by atoms with E-state index in [2.05, 4.69) is 17.6 Å². The van der Waals surface area contributed by atoms with Crippen LogP contribution in [0.15, 0.2) is 24.3 Å². The summed E-state index contributed by atoms with van der Waals surface area (Å²) in [4.78, 5) is 11.6. The van der Waals surface area contributed by atoms with E-state index in [1.807, 2.05) is 0 Å². The van der Waals surface area contributed by atoms with Crippen LogP contribution < -0.4 is 10.6 Å². The topological polar surface area (TPSA) is 50.4 Å². The Morgan fingerprint density at radius 1 is 1.50 bits per heavy atom. The zero-order valence-corrected chi connectivity index (χ0v) is 11.5. The van der Waals surface area contributed by atoms with Crippen LogP contribution in [0.4, 0.5) is 5.69 Å². The highest BCUT2D eigenvalue weighted by molar-refractivity contribution is 6.30. The number of nitrogens with one attached hydrogen (secondary N) is 2. The number of benzene rings is 1. The number of rotatable bonds is 7. The van der Waals surface area contributed by atoms with Gasteiger partial charge in [-0.3, -0.25) is 4.79 Å². The van der Waals surface area contributed by atoms with Crippen LogP contribution in [0.1, 0.15) is 6.92 Å². The monoisotopic (exact) mass is 270 g/mol. The largest absolute Gasteiger partial charge is 0.384 e. The summed E-state index contributed by atoms with van der Waals surface area (Å²) in [6, 6.07) is 7.08. The molecular formula is C13H19ClN2O2. The smallest absolute Gasteiger partial charge is 0.238 e. The van der Waals surface area contributed by atoms with Crippen molar-refractivity contribution in [3.8, 4) is 0 Å². The molecule has 2 N–H and O–H groups in total. The second-order valence-corrected chi connectivity index (χ2v) is 4.69. The third-order valence-electron chi connectivity index (χ3n) is 2.34. The molecule has 0 aromatic heterocycles. The summed E-state index contributed by atoms with van der Waals surface area (Å²) in [5, 5.41) is 6.46. The predicted molar refractivity (Wildman–Crippen MR) is 74.0 cm³/mol. The molecule has 100 valence electrons. The van der Waals surface area contributed by atoms with Gasteiger partial charge >= 0.3 is 0 Å². The van der Waals surface area contributed by atoms with Crippen molar-refractivity contribution in [2.24, 2.45) is 5.92 Å². The summed E-state index contributed by atoms with van der Waals surface area (Å²) in [6.45, 7) is 3.77. The number of halogens is 1. The summed E-state index contributed by atoms with van der Waals surface area (Å²) < 4.78 is 5.01. The first-order valence-corrected chi connectivity index (χ1v) is 6.24. The molecule has 5 heteroatoms. The average molecular weight is 271 g/mol. The van der Waals surface area contributed by atoms with Crippen LogP contribution >= 0.6 is 11.6 Å². The van der Waals surface area contributed by atoms with Gasteiger partial charge in [0, 0.05) is 31.0 Å². The Labute approximate surface area is 113 Å². The zero-order chi connectivity index (χ0) is 13.4. The second kappa shape index (κ2) is 8.08. The zero-order valence-electron chi connectivity index (χ0n) is 10.7. The molecule has 0 radical (unpaired) electrons. The molecule has 1 amide bonds. The minimum Gasteiger partial charge on any atom is -0.384 e. The minimum atomic E-state index is -0.0816. The molecule has 0 saturated carbocycles. The number of methoxy groups -OCH3 is 1. The normalized spacial score (nSPS) is 12.2. The molecule has 1 aromatic rings. The molecule has 18 heavy (non-hydrogen) atoms. The predicted octanol–water partition coefficient (Wildman–Crippen LogP) is 2.15. The van der Waals surface area contributed by atoms with Crippen molar-refractivity contribution in [3.63, 3.8) is 0 Å². The molecule has 0 fully saturated rings. The first-order valence-electron chi connectivity index (χ1n) is 5.87. The van der Waals surface area contributed by atoms with Gasteiger partial charge in [-0.25, -0.2) is 0 Å². The Balaban J connectivity index is 2.25. The first-order chi connectivity index (χ1) is 8.61. The number of ether oxygens (including phenoxy) is 1. The summed E-state index contributed by atoms with van der Waals surface area (Å²) >= 11 is 5.83. The van der Waals surface area contributed by atoms with Crippen molar-refractivity contribution in [3.05, 3.63) is 29.3 Å². The van der Waals surface area contributed by atoms with Crippen molar-refractivity contribution in [1.82, 2.24) is 5.32 Å². The van der Waals surface area contributed by atoms with Gasteiger partial charge in [-0.05, 0) is 24.1 Å². The van der Waals surface area contributed by atoms with Gasteiger partial charge in [0.2, 0.25) is 5.91 Å². The summed E-state index contributed by atoms with van der Waals surface area (Å²) in [5.74, 6) is 0.302. The molecule has 4 nitrogen and oxygen atoms in total. The van der Waals surface area contributed by atoms with E-state index < -0.39 is 0 Å². The van der Waals surface area contributed by atoms with Crippen molar-refractivity contribution in [1.29, 1.82) is 0 Å².